The van der Waals surface area contributed by atoms with Crippen molar-refractivity contribution in [2.75, 3.05) is 0 Å². The fourth-order valence-corrected chi connectivity index (χ4v) is 2.77. The summed E-state index contributed by atoms with van der Waals surface area (Å²) >= 11 is 0. The highest BCUT2D eigenvalue weighted by atomic mass is 19.1. The van der Waals surface area contributed by atoms with E-state index in [1.54, 1.807) is 12.3 Å². The van der Waals surface area contributed by atoms with E-state index in [1.165, 1.54) is 6.07 Å². The Labute approximate surface area is 121 Å². The van der Waals surface area contributed by atoms with Gasteiger partial charge in [-0.25, -0.2) is 4.39 Å². The molecule has 0 aliphatic heterocycles. The second-order valence-electron chi connectivity index (χ2n) is 5.14. The monoisotopic (exact) mass is 276 g/mol. The van der Waals surface area contributed by atoms with E-state index in [0.29, 0.717) is 6.54 Å². The van der Waals surface area contributed by atoms with Crippen LogP contribution in [0.4, 0.5) is 4.39 Å². The zero-order valence-corrected chi connectivity index (χ0v) is 11.3. The molecule has 2 nitrogen and oxygen atoms in total. The van der Waals surface area contributed by atoms with Crippen LogP contribution in [0, 0.1) is 5.82 Å². The first kappa shape index (κ1) is 12.1. The van der Waals surface area contributed by atoms with Crippen molar-refractivity contribution in [2.45, 2.75) is 6.54 Å². The molecule has 0 fully saturated rings. The SMILES string of the molecule is Fc1ccc2ccn(Cc3cccc4cccnc34)c2c1. The van der Waals surface area contributed by atoms with Crippen molar-refractivity contribution < 1.29 is 4.39 Å². The molecule has 0 spiro atoms. The van der Waals surface area contributed by atoms with Crippen molar-refractivity contribution in [3.63, 3.8) is 0 Å². The molecule has 0 unspecified atom stereocenters. The van der Waals surface area contributed by atoms with Crippen LogP contribution in [-0.4, -0.2) is 9.55 Å². The topological polar surface area (TPSA) is 17.8 Å². The largest absolute Gasteiger partial charge is 0.343 e. The molecule has 3 heteroatoms. The minimum atomic E-state index is -0.210. The summed E-state index contributed by atoms with van der Waals surface area (Å²) in [5.74, 6) is -0.210. The number of hydrogen-bond acceptors (Lipinski definition) is 1. The predicted octanol–water partition coefficient (Wildman–Crippen LogP) is 4.38. The minimum absolute atomic E-state index is 0.210. The van der Waals surface area contributed by atoms with Crippen LogP contribution in [0.15, 0.2) is 67.0 Å². The number of para-hydroxylation sites is 1. The van der Waals surface area contributed by atoms with Crippen LogP contribution in [0.25, 0.3) is 21.8 Å². The summed E-state index contributed by atoms with van der Waals surface area (Å²) in [6.07, 6.45) is 3.80. The van der Waals surface area contributed by atoms with Gasteiger partial charge in [-0.05, 0) is 41.3 Å². The van der Waals surface area contributed by atoms with Gasteiger partial charge in [-0.2, -0.15) is 0 Å². The Balaban J connectivity index is 1.85. The lowest BCUT2D eigenvalue weighted by molar-refractivity contribution is 0.628. The highest BCUT2D eigenvalue weighted by Crippen LogP contribution is 2.21. The number of pyridine rings is 1. The van der Waals surface area contributed by atoms with E-state index in [-0.39, 0.29) is 5.82 Å². The van der Waals surface area contributed by atoms with Crippen molar-refractivity contribution in [3.8, 4) is 0 Å². The highest BCUT2D eigenvalue weighted by molar-refractivity contribution is 5.83. The summed E-state index contributed by atoms with van der Waals surface area (Å²) in [6.45, 7) is 0.682. The Morgan fingerprint density at radius 3 is 2.81 bits per heavy atom. The first-order valence-electron chi connectivity index (χ1n) is 6.88. The van der Waals surface area contributed by atoms with Gasteiger partial charge in [0.1, 0.15) is 5.82 Å². The van der Waals surface area contributed by atoms with Crippen LogP contribution < -0.4 is 0 Å². The molecular weight excluding hydrogens is 263 g/mol. The number of halogens is 1. The van der Waals surface area contributed by atoms with E-state index in [4.69, 9.17) is 0 Å². The molecular formula is C18H13FN2. The summed E-state index contributed by atoms with van der Waals surface area (Å²) in [7, 11) is 0. The molecule has 0 bridgehead atoms. The maximum atomic E-state index is 13.5. The standard InChI is InChI=1S/C18H13FN2/c19-16-7-6-13-8-10-21(17(13)11-16)12-15-4-1-3-14-5-2-9-20-18(14)15/h1-11H,12H2. The van der Waals surface area contributed by atoms with E-state index in [9.17, 15) is 4.39 Å². The Morgan fingerprint density at radius 1 is 0.952 bits per heavy atom. The third-order valence-corrected chi connectivity index (χ3v) is 3.79. The molecule has 0 saturated heterocycles. The summed E-state index contributed by atoms with van der Waals surface area (Å²) in [5.41, 5.74) is 3.04. The highest BCUT2D eigenvalue weighted by Gasteiger charge is 2.06. The number of hydrogen-bond donors (Lipinski definition) is 0. The van der Waals surface area contributed by atoms with Crippen LogP contribution >= 0.6 is 0 Å². The average Bonchev–Trinajstić information content (AvgIpc) is 2.90. The molecule has 102 valence electrons. The minimum Gasteiger partial charge on any atom is -0.343 e. The summed E-state index contributed by atoms with van der Waals surface area (Å²) < 4.78 is 15.5. The second-order valence-corrected chi connectivity index (χ2v) is 5.14. The Hall–Kier alpha value is -2.68. The number of benzene rings is 2. The molecule has 2 aromatic heterocycles. The van der Waals surface area contributed by atoms with Gasteiger partial charge >= 0.3 is 0 Å². The Kier molecular flexibility index (Phi) is 2.71. The van der Waals surface area contributed by atoms with Gasteiger partial charge in [0.2, 0.25) is 0 Å². The number of rotatable bonds is 2. The lowest BCUT2D eigenvalue weighted by atomic mass is 10.1. The maximum Gasteiger partial charge on any atom is 0.125 e. The van der Waals surface area contributed by atoms with Gasteiger partial charge in [0.05, 0.1) is 11.0 Å². The third-order valence-electron chi connectivity index (χ3n) is 3.79. The van der Waals surface area contributed by atoms with Gasteiger partial charge in [0.15, 0.2) is 0 Å². The van der Waals surface area contributed by atoms with E-state index < -0.39 is 0 Å². The third kappa shape index (κ3) is 2.07. The van der Waals surface area contributed by atoms with Gasteiger partial charge in [0.25, 0.3) is 0 Å². The van der Waals surface area contributed by atoms with Crippen LogP contribution in [-0.2, 0) is 6.54 Å². The number of aromatic nitrogens is 2. The molecule has 0 N–H and O–H groups in total. The van der Waals surface area contributed by atoms with Crippen LogP contribution in [0.2, 0.25) is 0 Å². The molecule has 4 rings (SSSR count). The van der Waals surface area contributed by atoms with E-state index in [2.05, 4.69) is 27.8 Å². The Morgan fingerprint density at radius 2 is 1.86 bits per heavy atom. The summed E-state index contributed by atoms with van der Waals surface area (Å²) in [6, 6.07) is 17.0. The first-order valence-corrected chi connectivity index (χ1v) is 6.88. The fraction of sp³-hybridized carbons (Fsp3) is 0.0556. The number of fused-ring (bicyclic) bond motifs is 2. The molecule has 2 aromatic carbocycles. The molecule has 21 heavy (non-hydrogen) atoms. The lowest BCUT2D eigenvalue weighted by Crippen LogP contribution is -1.99. The first-order chi connectivity index (χ1) is 10.3. The summed E-state index contributed by atoms with van der Waals surface area (Å²) in [5, 5.41) is 2.17. The van der Waals surface area contributed by atoms with Gasteiger partial charge in [-0.3, -0.25) is 4.98 Å². The van der Waals surface area contributed by atoms with Gasteiger partial charge < -0.3 is 4.57 Å². The number of nitrogens with zero attached hydrogens (tertiary/aromatic N) is 2. The molecule has 0 amide bonds. The van der Waals surface area contributed by atoms with Crippen molar-refractivity contribution in [2.24, 2.45) is 0 Å². The molecule has 0 atom stereocenters. The summed E-state index contributed by atoms with van der Waals surface area (Å²) in [4.78, 5) is 4.47. The van der Waals surface area contributed by atoms with Crippen molar-refractivity contribution in [1.82, 2.24) is 9.55 Å². The van der Waals surface area contributed by atoms with Gasteiger partial charge in [0, 0.05) is 24.3 Å². The zero-order chi connectivity index (χ0) is 14.2. The average molecular weight is 276 g/mol. The van der Waals surface area contributed by atoms with Crippen LogP contribution in [0.5, 0.6) is 0 Å². The van der Waals surface area contributed by atoms with E-state index in [0.717, 1.165) is 27.4 Å². The predicted molar refractivity (Wildman–Crippen MR) is 82.7 cm³/mol. The molecule has 4 aromatic rings. The zero-order valence-electron chi connectivity index (χ0n) is 11.3. The van der Waals surface area contributed by atoms with Crippen molar-refractivity contribution in [1.29, 1.82) is 0 Å². The van der Waals surface area contributed by atoms with Crippen LogP contribution in [0.3, 0.4) is 0 Å². The molecule has 0 saturated carbocycles. The van der Waals surface area contributed by atoms with Gasteiger partial charge in [-0.15, -0.1) is 0 Å². The Bertz CT molecular complexity index is 935. The van der Waals surface area contributed by atoms with Crippen molar-refractivity contribution in [3.05, 3.63) is 78.4 Å². The maximum absolute atomic E-state index is 13.5. The quantitative estimate of drug-likeness (QED) is 0.531. The smallest absolute Gasteiger partial charge is 0.125 e. The van der Waals surface area contributed by atoms with E-state index in [1.807, 2.05) is 30.5 Å². The molecule has 0 aliphatic carbocycles. The normalized spacial score (nSPS) is 11.3. The molecule has 0 radical (unpaired) electrons. The molecule has 2 heterocycles. The lowest BCUT2D eigenvalue weighted by Gasteiger charge is -2.08. The second kappa shape index (κ2) is 4.70. The van der Waals surface area contributed by atoms with Gasteiger partial charge in [-0.1, -0.05) is 24.3 Å². The van der Waals surface area contributed by atoms with Crippen molar-refractivity contribution >= 4 is 21.8 Å². The van der Waals surface area contributed by atoms with E-state index >= 15 is 0 Å². The fourth-order valence-electron chi connectivity index (χ4n) is 2.77. The van der Waals surface area contributed by atoms with Crippen LogP contribution in [0.1, 0.15) is 5.56 Å². The molecule has 0 aliphatic rings.